The monoisotopic (exact) mass is 311 g/mol. The number of aromatic nitrogens is 1. The number of carbonyl (C=O) groups is 1. The van der Waals surface area contributed by atoms with Gasteiger partial charge < -0.3 is 15.8 Å². The van der Waals surface area contributed by atoms with E-state index in [0.717, 1.165) is 24.1 Å². The van der Waals surface area contributed by atoms with Crippen molar-refractivity contribution in [2.45, 2.75) is 18.9 Å². The van der Waals surface area contributed by atoms with Crippen LogP contribution in [0.5, 0.6) is 0 Å². The summed E-state index contributed by atoms with van der Waals surface area (Å²) in [4.78, 5) is 16.7. The molecule has 2 heterocycles. The average molecular weight is 311 g/mol. The molecule has 2 aromatic rings. The van der Waals surface area contributed by atoms with E-state index in [1.165, 1.54) is 0 Å². The van der Waals surface area contributed by atoms with E-state index in [4.69, 9.17) is 10.5 Å². The van der Waals surface area contributed by atoms with Crippen molar-refractivity contribution in [2.24, 2.45) is 11.7 Å². The first-order valence-electron chi connectivity index (χ1n) is 7.90. The highest BCUT2D eigenvalue weighted by molar-refractivity contribution is 5.95. The standard InChI is InChI=1S/C18H21N3O2/c19-17(14-7-10-23-11-8-14)18(22)21-15-6-9-20-16(12-15)13-4-2-1-3-5-13/h1-6,9,12,14,17H,7-8,10-11,19H2,(H,20,21,22). The van der Waals surface area contributed by atoms with E-state index in [1.807, 2.05) is 36.4 Å². The molecule has 1 aliphatic rings. The highest BCUT2D eigenvalue weighted by Gasteiger charge is 2.26. The number of nitrogens with zero attached hydrogens (tertiary/aromatic N) is 1. The summed E-state index contributed by atoms with van der Waals surface area (Å²) in [5.41, 5.74) is 8.65. The Balaban J connectivity index is 1.69. The van der Waals surface area contributed by atoms with Crippen molar-refractivity contribution >= 4 is 11.6 Å². The number of carbonyl (C=O) groups excluding carboxylic acids is 1. The fourth-order valence-electron chi connectivity index (χ4n) is 2.79. The zero-order chi connectivity index (χ0) is 16.1. The summed E-state index contributed by atoms with van der Waals surface area (Å²) in [6.07, 6.45) is 3.36. The van der Waals surface area contributed by atoms with Crippen molar-refractivity contribution in [3.8, 4) is 11.3 Å². The molecule has 0 saturated carbocycles. The van der Waals surface area contributed by atoms with Crippen LogP contribution in [0.15, 0.2) is 48.7 Å². The minimum absolute atomic E-state index is 0.151. The summed E-state index contributed by atoms with van der Waals surface area (Å²) in [5, 5.41) is 2.90. The molecule has 1 amide bonds. The number of nitrogens with two attached hydrogens (primary N) is 1. The summed E-state index contributed by atoms with van der Waals surface area (Å²) in [5.74, 6) is 0.0290. The van der Waals surface area contributed by atoms with Crippen molar-refractivity contribution < 1.29 is 9.53 Å². The lowest BCUT2D eigenvalue weighted by molar-refractivity contribution is -0.119. The Kier molecular flexibility index (Phi) is 5.00. The second-order valence-electron chi connectivity index (χ2n) is 5.76. The molecule has 0 bridgehead atoms. The zero-order valence-electron chi connectivity index (χ0n) is 12.9. The molecule has 1 saturated heterocycles. The van der Waals surface area contributed by atoms with Gasteiger partial charge in [0, 0.05) is 30.7 Å². The van der Waals surface area contributed by atoms with Gasteiger partial charge in [0.05, 0.1) is 11.7 Å². The van der Waals surface area contributed by atoms with Crippen LogP contribution < -0.4 is 11.1 Å². The van der Waals surface area contributed by atoms with Crippen molar-refractivity contribution in [1.82, 2.24) is 4.98 Å². The van der Waals surface area contributed by atoms with E-state index in [-0.39, 0.29) is 11.8 Å². The summed E-state index contributed by atoms with van der Waals surface area (Å²) < 4.78 is 5.32. The van der Waals surface area contributed by atoms with Crippen LogP contribution in [0.2, 0.25) is 0 Å². The van der Waals surface area contributed by atoms with Crippen LogP contribution in [-0.4, -0.2) is 30.1 Å². The van der Waals surface area contributed by atoms with Crippen LogP contribution in [0.1, 0.15) is 12.8 Å². The summed E-state index contributed by atoms with van der Waals surface area (Å²) in [6.45, 7) is 1.36. The van der Waals surface area contributed by atoms with Gasteiger partial charge in [0.1, 0.15) is 0 Å². The van der Waals surface area contributed by atoms with Gasteiger partial charge in [-0.15, -0.1) is 0 Å². The van der Waals surface area contributed by atoms with Gasteiger partial charge in [0.25, 0.3) is 0 Å². The zero-order valence-corrected chi connectivity index (χ0v) is 12.9. The number of rotatable bonds is 4. The Labute approximate surface area is 135 Å². The van der Waals surface area contributed by atoms with Crippen LogP contribution in [0.25, 0.3) is 11.3 Å². The molecule has 1 unspecified atom stereocenters. The van der Waals surface area contributed by atoms with E-state index in [0.29, 0.717) is 18.9 Å². The molecule has 3 N–H and O–H groups in total. The topological polar surface area (TPSA) is 77.2 Å². The Morgan fingerprint density at radius 3 is 2.70 bits per heavy atom. The molecule has 5 nitrogen and oxygen atoms in total. The van der Waals surface area contributed by atoms with Gasteiger partial charge >= 0.3 is 0 Å². The van der Waals surface area contributed by atoms with E-state index in [1.54, 1.807) is 12.3 Å². The molecule has 23 heavy (non-hydrogen) atoms. The van der Waals surface area contributed by atoms with Gasteiger partial charge in [-0.05, 0) is 30.9 Å². The minimum Gasteiger partial charge on any atom is -0.381 e. The van der Waals surface area contributed by atoms with Crippen molar-refractivity contribution in [2.75, 3.05) is 18.5 Å². The highest BCUT2D eigenvalue weighted by atomic mass is 16.5. The van der Waals surface area contributed by atoms with Crippen molar-refractivity contribution in [1.29, 1.82) is 0 Å². The SMILES string of the molecule is NC(C(=O)Nc1ccnc(-c2ccccc2)c1)C1CCOCC1. The van der Waals surface area contributed by atoms with Crippen molar-refractivity contribution in [3.05, 3.63) is 48.7 Å². The lowest BCUT2D eigenvalue weighted by Crippen LogP contribution is -2.44. The number of pyridine rings is 1. The Hall–Kier alpha value is -2.24. The highest BCUT2D eigenvalue weighted by Crippen LogP contribution is 2.21. The minimum atomic E-state index is -0.507. The maximum atomic E-state index is 12.4. The first kappa shape index (κ1) is 15.6. The molecule has 1 aromatic heterocycles. The molecule has 3 rings (SSSR count). The molecule has 0 spiro atoms. The second-order valence-corrected chi connectivity index (χ2v) is 5.76. The quantitative estimate of drug-likeness (QED) is 0.909. The van der Waals surface area contributed by atoms with Gasteiger partial charge in [0.15, 0.2) is 0 Å². The van der Waals surface area contributed by atoms with Crippen LogP contribution >= 0.6 is 0 Å². The number of ether oxygens (including phenoxy) is 1. The molecule has 1 aromatic carbocycles. The van der Waals surface area contributed by atoms with E-state index < -0.39 is 6.04 Å². The maximum absolute atomic E-state index is 12.4. The molecular formula is C18H21N3O2. The Bertz CT molecular complexity index is 654. The lowest BCUT2D eigenvalue weighted by atomic mass is 9.92. The molecule has 1 aliphatic heterocycles. The first-order valence-corrected chi connectivity index (χ1v) is 7.90. The van der Waals surface area contributed by atoms with Gasteiger partial charge in [-0.25, -0.2) is 0 Å². The second kappa shape index (κ2) is 7.35. The number of hydrogen-bond acceptors (Lipinski definition) is 4. The number of amides is 1. The van der Waals surface area contributed by atoms with Gasteiger partial charge in [-0.2, -0.15) is 0 Å². The predicted molar refractivity (Wildman–Crippen MR) is 89.8 cm³/mol. The fraction of sp³-hybridized carbons (Fsp3) is 0.333. The van der Waals surface area contributed by atoms with Gasteiger partial charge in [-0.1, -0.05) is 30.3 Å². The van der Waals surface area contributed by atoms with Crippen LogP contribution in [-0.2, 0) is 9.53 Å². The maximum Gasteiger partial charge on any atom is 0.241 e. The van der Waals surface area contributed by atoms with Gasteiger partial charge in [0.2, 0.25) is 5.91 Å². The molecule has 120 valence electrons. The molecule has 5 heteroatoms. The third-order valence-electron chi connectivity index (χ3n) is 4.17. The lowest BCUT2D eigenvalue weighted by Gasteiger charge is -2.26. The number of nitrogens with one attached hydrogen (secondary N) is 1. The smallest absolute Gasteiger partial charge is 0.241 e. The number of benzene rings is 1. The molecule has 0 radical (unpaired) electrons. The summed E-state index contributed by atoms with van der Waals surface area (Å²) >= 11 is 0. The average Bonchev–Trinajstić information content (AvgIpc) is 2.63. The molecule has 0 aliphatic carbocycles. The van der Waals surface area contributed by atoms with Crippen LogP contribution in [0.4, 0.5) is 5.69 Å². The Morgan fingerprint density at radius 2 is 1.96 bits per heavy atom. The molecule has 1 atom stereocenters. The Morgan fingerprint density at radius 1 is 1.22 bits per heavy atom. The fourth-order valence-corrected chi connectivity index (χ4v) is 2.79. The predicted octanol–water partition coefficient (Wildman–Crippen LogP) is 2.44. The van der Waals surface area contributed by atoms with Crippen LogP contribution in [0.3, 0.4) is 0 Å². The third kappa shape index (κ3) is 3.94. The first-order chi connectivity index (χ1) is 11.2. The largest absolute Gasteiger partial charge is 0.381 e. The number of hydrogen-bond donors (Lipinski definition) is 2. The van der Waals surface area contributed by atoms with Crippen LogP contribution in [0, 0.1) is 5.92 Å². The van der Waals surface area contributed by atoms with Crippen molar-refractivity contribution in [3.63, 3.8) is 0 Å². The molecular weight excluding hydrogens is 290 g/mol. The van der Waals surface area contributed by atoms with E-state index in [2.05, 4.69) is 10.3 Å². The summed E-state index contributed by atoms with van der Waals surface area (Å²) in [7, 11) is 0. The van der Waals surface area contributed by atoms with Gasteiger partial charge in [-0.3, -0.25) is 9.78 Å². The van der Waals surface area contributed by atoms with E-state index >= 15 is 0 Å². The third-order valence-corrected chi connectivity index (χ3v) is 4.17. The van der Waals surface area contributed by atoms with E-state index in [9.17, 15) is 4.79 Å². The molecule has 1 fully saturated rings. The number of anilines is 1. The normalized spacial score (nSPS) is 16.7. The summed E-state index contributed by atoms with van der Waals surface area (Å²) in [6, 6.07) is 13.0.